The lowest BCUT2D eigenvalue weighted by Gasteiger charge is -2.45. The van der Waals surface area contributed by atoms with E-state index in [1.165, 1.54) is 4.90 Å². The van der Waals surface area contributed by atoms with Gasteiger partial charge >= 0.3 is 5.97 Å². The maximum Gasteiger partial charge on any atom is 0.353 e. The SMILES string of the molecule is C[C@H]1C(S[C@@H]2CN[C@H](CSc3ccc(NC(=O)CCN)cc3)C2)=C(C(=O)O)N2C(=O)[C@@H](CCO)[C@@H]12. The Kier molecular flexibility index (Phi) is 8.43. The normalized spacial score (nSPS) is 27.7. The molecular weight excluding hydrogens is 488 g/mol. The molecular formula is C24H32N4O5S2. The van der Waals surface area contributed by atoms with Crippen LogP contribution in [0.4, 0.5) is 5.69 Å². The Hall–Kier alpha value is -2.05. The minimum atomic E-state index is -1.06. The summed E-state index contributed by atoms with van der Waals surface area (Å²) in [6.07, 6.45) is 1.58. The molecule has 6 N–H and O–H groups in total. The molecule has 9 nitrogen and oxygen atoms in total. The van der Waals surface area contributed by atoms with Crippen molar-refractivity contribution in [2.45, 2.75) is 48.4 Å². The van der Waals surface area contributed by atoms with Gasteiger partial charge in [0.15, 0.2) is 0 Å². The number of β-lactam (4-membered cyclic amide) rings is 1. The van der Waals surface area contributed by atoms with Crippen molar-refractivity contribution >= 4 is 47.0 Å². The van der Waals surface area contributed by atoms with Crippen molar-refractivity contribution in [1.82, 2.24) is 10.2 Å². The zero-order valence-corrected chi connectivity index (χ0v) is 21.2. The third-order valence-corrected chi connectivity index (χ3v) is 9.43. The molecule has 4 rings (SSSR count). The lowest BCUT2D eigenvalue weighted by atomic mass is 9.80. The molecule has 2 amide bonds. The van der Waals surface area contributed by atoms with E-state index in [9.17, 15) is 24.6 Å². The first-order chi connectivity index (χ1) is 16.8. The number of nitrogens with two attached hydrogens (primary N) is 1. The van der Waals surface area contributed by atoms with Gasteiger partial charge in [-0.05, 0) is 37.1 Å². The van der Waals surface area contributed by atoms with Crippen LogP contribution in [0.2, 0.25) is 0 Å². The third-order valence-electron chi connectivity index (χ3n) is 6.74. The summed E-state index contributed by atoms with van der Waals surface area (Å²) in [6.45, 7) is 3.02. The lowest BCUT2D eigenvalue weighted by Crippen LogP contribution is -2.60. The number of thioether (sulfide) groups is 2. The first kappa shape index (κ1) is 26.0. The Morgan fingerprint density at radius 3 is 2.69 bits per heavy atom. The summed E-state index contributed by atoms with van der Waals surface area (Å²) in [5, 5.41) is 25.7. The van der Waals surface area contributed by atoms with E-state index in [2.05, 4.69) is 10.6 Å². The number of nitrogens with zero attached hydrogens (tertiary/aromatic N) is 1. The summed E-state index contributed by atoms with van der Waals surface area (Å²) in [5.41, 5.74) is 6.28. The molecule has 1 aromatic carbocycles. The number of carboxylic acid groups (broad SMARTS) is 1. The topological polar surface area (TPSA) is 145 Å². The first-order valence-corrected chi connectivity index (χ1v) is 13.7. The number of aliphatic hydroxyl groups is 1. The highest BCUT2D eigenvalue weighted by molar-refractivity contribution is 8.03. The van der Waals surface area contributed by atoms with Gasteiger partial charge in [-0.3, -0.25) is 9.59 Å². The molecule has 3 aliphatic rings. The van der Waals surface area contributed by atoms with Crippen molar-refractivity contribution < 1.29 is 24.6 Å². The van der Waals surface area contributed by atoms with E-state index in [1.807, 2.05) is 31.2 Å². The van der Waals surface area contributed by atoms with Gasteiger partial charge in [-0.25, -0.2) is 4.79 Å². The lowest BCUT2D eigenvalue weighted by molar-refractivity contribution is -0.157. The Morgan fingerprint density at radius 1 is 1.29 bits per heavy atom. The number of carbonyl (C=O) groups excluding carboxylic acids is 2. The van der Waals surface area contributed by atoms with E-state index < -0.39 is 5.97 Å². The number of carboxylic acids is 1. The van der Waals surface area contributed by atoms with Gasteiger partial charge in [0, 0.05) is 64.6 Å². The van der Waals surface area contributed by atoms with E-state index >= 15 is 0 Å². The summed E-state index contributed by atoms with van der Waals surface area (Å²) in [7, 11) is 0. The van der Waals surface area contributed by atoms with Gasteiger partial charge in [-0.1, -0.05) is 6.92 Å². The van der Waals surface area contributed by atoms with Crippen molar-refractivity contribution in [2.24, 2.45) is 17.6 Å². The van der Waals surface area contributed by atoms with Crippen LogP contribution in [0.25, 0.3) is 0 Å². The number of amides is 2. The molecule has 0 saturated carbocycles. The predicted octanol–water partition coefficient (Wildman–Crippen LogP) is 1.69. The molecule has 0 radical (unpaired) electrons. The highest BCUT2D eigenvalue weighted by atomic mass is 32.2. The monoisotopic (exact) mass is 520 g/mol. The Balaban J connectivity index is 1.30. The fourth-order valence-corrected chi connectivity index (χ4v) is 7.55. The number of nitrogens with one attached hydrogen (secondary N) is 2. The van der Waals surface area contributed by atoms with Gasteiger partial charge in [-0.2, -0.15) is 0 Å². The molecule has 11 heteroatoms. The molecule has 190 valence electrons. The molecule has 35 heavy (non-hydrogen) atoms. The zero-order valence-electron chi connectivity index (χ0n) is 19.6. The molecule has 3 aliphatic heterocycles. The zero-order chi connectivity index (χ0) is 25.1. The van der Waals surface area contributed by atoms with Crippen LogP contribution in [0.15, 0.2) is 39.8 Å². The van der Waals surface area contributed by atoms with Gasteiger partial charge in [0.1, 0.15) is 5.70 Å². The smallest absolute Gasteiger partial charge is 0.353 e. The number of aliphatic carboxylic acids is 1. The minimum Gasteiger partial charge on any atom is -0.477 e. The molecule has 0 aliphatic carbocycles. The quantitative estimate of drug-likeness (QED) is 0.217. The maximum atomic E-state index is 12.5. The molecule has 3 heterocycles. The molecule has 0 unspecified atom stereocenters. The summed E-state index contributed by atoms with van der Waals surface area (Å²) in [5.74, 6) is -0.804. The largest absolute Gasteiger partial charge is 0.477 e. The Morgan fingerprint density at radius 2 is 2.03 bits per heavy atom. The summed E-state index contributed by atoms with van der Waals surface area (Å²) < 4.78 is 0. The van der Waals surface area contributed by atoms with Crippen LogP contribution in [-0.2, 0) is 14.4 Å². The standard InChI is InChI=1S/C24H32N4O5S2/c1-13-20-18(7-9-29)23(31)28(20)21(24(32)33)22(13)35-17-10-15(26-11-17)12-34-16-4-2-14(3-5-16)27-19(30)6-8-25/h2-5,13,15,17-18,20,26,29H,6-12,25H2,1H3,(H,27,30)(H,32,33)/t13-,15+,17+,18+,20-/m1/s1. The molecule has 0 spiro atoms. The Labute approximate surface area is 213 Å². The number of benzene rings is 1. The van der Waals surface area contributed by atoms with Crippen molar-refractivity contribution in [3.63, 3.8) is 0 Å². The average molecular weight is 521 g/mol. The molecule has 2 saturated heterocycles. The number of carbonyl (C=O) groups is 3. The molecule has 2 fully saturated rings. The van der Waals surface area contributed by atoms with Crippen LogP contribution in [0.5, 0.6) is 0 Å². The number of anilines is 1. The number of fused-ring (bicyclic) bond motifs is 1. The second-order valence-electron chi connectivity index (χ2n) is 9.13. The molecule has 0 bridgehead atoms. The second-order valence-corrected chi connectivity index (χ2v) is 11.6. The fraction of sp³-hybridized carbons (Fsp3) is 0.542. The number of hydrogen-bond acceptors (Lipinski definition) is 8. The van der Waals surface area contributed by atoms with Crippen LogP contribution >= 0.6 is 23.5 Å². The van der Waals surface area contributed by atoms with Gasteiger partial charge in [0.05, 0.1) is 12.0 Å². The number of aliphatic hydroxyl groups excluding tert-OH is 1. The van der Waals surface area contributed by atoms with Crippen molar-refractivity contribution in [3.05, 3.63) is 34.9 Å². The van der Waals surface area contributed by atoms with Gasteiger partial charge < -0.3 is 31.5 Å². The first-order valence-electron chi connectivity index (χ1n) is 11.9. The molecule has 5 atom stereocenters. The summed E-state index contributed by atoms with van der Waals surface area (Å²) in [6, 6.07) is 7.87. The number of rotatable bonds is 11. The average Bonchev–Trinajstić information content (AvgIpc) is 3.38. The van der Waals surface area contributed by atoms with Gasteiger partial charge in [0.25, 0.3) is 0 Å². The fourth-order valence-electron chi connectivity index (χ4n) is 5.06. The third kappa shape index (κ3) is 5.54. The van der Waals surface area contributed by atoms with Crippen molar-refractivity contribution in [1.29, 1.82) is 0 Å². The van der Waals surface area contributed by atoms with E-state index in [4.69, 9.17) is 5.73 Å². The van der Waals surface area contributed by atoms with Crippen LogP contribution < -0.4 is 16.4 Å². The van der Waals surface area contributed by atoms with Gasteiger partial charge in [-0.15, -0.1) is 23.5 Å². The van der Waals surface area contributed by atoms with E-state index in [1.54, 1.807) is 23.5 Å². The predicted molar refractivity (Wildman–Crippen MR) is 137 cm³/mol. The molecule has 1 aromatic rings. The van der Waals surface area contributed by atoms with Gasteiger partial charge in [0.2, 0.25) is 11.8 Å². The van der Waals surface area contributed by atoms with E-state index in [0.717, 1.165) is 34.2 Å². The van der Waals surface area contributed by atoms with Crippen LogP contribution in [0, 0.1) is 11.8 Å². The van der Waals surface area contributed by atoms with E-state index in [0.29, 0.717) is 25.4 Å². The maximum absolute atomic E-state index is 12.5. The Bertz CT molecular complexity index is 1000. The summed E-state index contributed by atoms with van der Waals surface area (Å²) >= 11 is 3.32. The van der Waals surface area contributed by atoms with Crippen LogP contribution in [0.1, 0.15) is 26.2 Å². The van der Waals surface area contributed by atoms with Crippen LogP contribution in [0.3, 0.4) is 0 Å². The highest BCUT2D eigenvalue weighted by Gasteiger charge is 2.58. The summed E-state index contributed by atoms with van der Waals surface area (Å²) in [4.78, 5) is 39.5. The van der Waals surface area contributed by atoms with Crippen LogP contribution in [-0.4, -0.2) is 75.7 Å². The van der Waals surface area contributed by atoms with Crippen molar-refractivity contribution in [3.8, 4) is 0 Å². The number of hydrogen-bond donors (Lipinski definition) is 5. The van der Waals surface area contributed by atoms with Crippen molar-refractivity contribution in [2.75, 3.05) is 30.8 Å². The minimum absolute atomic E-state index is 0.0439. The molecule has 0 aromatic heterocycles. The van der Waals surface area contributed by atoms with E-state index in [-0.39, 0.29) is 47.2 Å². The highest BCUT2D eigenvalue weighted by Crippen LogP contribution is 2.51. The second kappa shape index (κ2) is 11.3.